The molecule has 176 valence electrons. The summed E-state index contributed by atoms with van der Waals surface area (Å²) in [5, 5.41) is 2.84. The van der Waals surface area contributed by atoms with Gasteiger partial charge in [0.25, 0.3) is 15.9 Å². The predicted molar refractivity (Wildman–Crippen MR) is 133 cm³/mol. The number of hydrogen-bond donors (Lipinski definition) is 1. The number of nitrogens with zero attached hydrogens (tertiary/aromatic N) is 1. The van der Waals surface area contributed by atoms with Gasteiger partial charge in [-0.2, -0.15) is 0 Å². The minimum Gasteiger partial charge on any atom is -0.454 e. The average Bonchev–Trinajstić information content (AvgIpc) is 3.36. The summed E-state index contributed by atoms with van der Waals surface area (Å²) in [5.74, 6) is 0.695. The van der Waals surface area contributed by atoms with Crippen molar-refractivity contribution >= 4 is 27.3 Å². The Morgan fingerprint density at radius 1 is 0.800 bits per heavy atom. The maximum atomic E-state index is 13.8. The molecule has 8 heteroatoms. The molecule has 0 aliphatic carbocycles. The summed E-state index contributed by atoms with van der Waals surface area (Å²) in [6.07, 6.45) is 0. The molecule has 35 heavy (non-hydrogen) atoms. The quantitative estimate of drug-likeness (QED) is 0.395. The highest BCUT2D eigenvalue weighted by Gasteiger charge is 2.28. The lowest BCUT2D eigenvalue weighted by Crippen LogP contribution is -2.32. The van der Waals surface area contributed by atoms with Crippen molar-refractivity contribution in [1.82, 2.24) is 0 Å². The number of fused-ring (bicyclic) bond motifs is 1. The Kier molecular flexibility index (Phi) is 6.12. The number of hydrogen-bond acceptors (Lipinski definition) is 5. The summed E-state index contributed by atoms with van der Waals surface area (Å²) in [5.41, 5.74) is 1.80. The number of carbonyl (C=O) groups excluding carboxylic acids is 1. The number of carbonyl (C=O) groups is 1. The molecule has 4 aromatic carbocycles. The minimum atomic E-state index is -3.97. The molecule has 1 aliphatic heterocycles. The van der Waals surface area contributed by atoms with Crippen molar-refractivity contribution in [1.29, 1.82) is 0 Å². The van der Waals surface area contributed by atoms with Gasteiger partial charge in [0.1, 0.15) is 0 Å². The molecule has 0 unspecified atom stereocenters. The summed E-state index contributed by atoms with van der Waals surface area (Å²) in [7, 11) is -3.97. The van der Waals surface area contributed by atoms with Crippen LogP contribution in [-0.4, -0.2) is 21.1 Å². The van der Waals surface area contributed by atoms with Crippen LogP contribution >= 0.6 is 0 Å². The molecule has 0 fully saturated rings. The van der Waals surface area contributed by atoms with E-state index in [1.807, 2.05) is 30.3 Å². The highest BCUT2D eigenvalue weighted by atomic mass is 32.2. The summed E-state index contributed by atoms with van der Waals surface area (Å²) in [6, 6.07) is 29.2. The van der Waals surface area contributed by atoms with E-state index in [2.05, 4.69) is 5.32 Å². The van der Waals surface area contributed by atoms with E-state index in [9.17, 15) is 13.2 Å². The third kappa shape index (κ3) is 4.69. The zero-order valence-corrected chi connectivity index (χ0v) is 19.4. The summed E-state index contributed by atoms with van der Waals surface area (Å²) >= 11 is 0. The molecular weight excluding hydrogens is 464 g/mol. The van der Waals surface area contributed by atoms with Crippen LogP contribution in [0.15, 0.2) is 108 Å². The number of para-hydroxylation sites is 1. The van der Waals surface area contributed by atoms with E-state index in [0.717, 1.165) is 5.56 Å². The first-order valence-electron chi connectivity index (χ1n) is 10.9. The Morgan fingerprint density at radius 3 is 2.23 bits per heavy atom. The van der Waals surface area contributed by atoms with Crippen LogP contribution in [0.25, 0.3) is 0 Å². The Balaban J connectivity index is 1.54. The molecule has 1 N–H and O–H groups in total. The van der Waals surface area contributed by atoms with E-state index in [1.54, 1.807) is 72.8 Å². The van der Waals surface area contributed by atoms with Gasteiger partial charge in [0.2, 0.25) is 6.79 Å². The van der Waals surface area contributed by atoms with Crippen molar-refractivity contribution in [3.63, 3.8) is 0 Å². The van der Waals surface area contributed by atoms with Crippen molar-refractivity contribution in [3.8, 4) is 11.5 Å². The standard InChI is InChI=1S/C27H22N2O5S/c30-27(28-21-15-16-25-26(17-21)34-19-33-25)23-13-7-8-14-24(23)29(18-20-9-3-1-4-10-20)35(31,32)22-11-5-2-6-12-22/h1-17H,18-19H2,(H,28,30). The largest absolute Gasteiger partial charge is 0.454 e. The van der Waals surface area contributed by atoms with Gasteiger partial charge >= 0.3 is 0 Å². The Labute approximate surface area is 203 Å². The first kappa shape index (κ1) is 22.5. The second-order valence-electron chi connectivity index (χ2n) is 7.85. The van der Waals surface area contributed by atoms with Gasteiger partial charge in [-0.1, -0.05) is 60.7 Å². The fraction of sp³-hybridized carbons (Fsp3) is 0.0741. The molecule has 1 amide bonds. The van der Waals surface area contributed by atoms with Gasteiger partial charge in [0.05, 0.1) is 22.7 Å². The van der Waals surface area contributed by atoms with Crippen molar-refractivity contribution in [3.05, 3.63) is 114 Å². The zero-order valence-electron chi connectivity index (χ0n) is 18.6. The van der Waals surface area contributed by atoms with Gasteiger partial charge < -0.3 is 14.8 Å². The maximum Gasteiger partial charge on any atom is 0.264 e. The number of rotatable bonds is 7. The number of anilines is 2. The van der Waals surface area contributed by atoms with Crippen molar-refractivity contribution in [2.75, 3.05) is 16.4 Å². The Morgan fingerprint density at radius 2 is 1.46 bits per heavy atom. The molecular formula is C27H22N2O5S. The highest BCUT2D eigenvalue weighted by Crippen LogP contribution is 2.35. The van der Waals surface area contributed by atoms with Gasteiger partial charge in [-0.15, -0.1) is 0 Å². The molecule has 0 saturated carbocycles. The fourth-order valence-electron chi connectivity index (χ4n) is 3.82. The zero-order chi connectivity index (χ0) is 24.3. The second kappa shape index (κ2) is 9.52. The molecule has 0 aromatic heterocycles. The molecule has 0 spiro atoms. The van der Waals surface area contributed by atoms with E-state index in [1.165, 1.54) is 4.31 Å². The summed E-state index contributed by atoms with van der Waals surface area (Å²) < 4.78 is 39.5. The second-order valence-corrected chi connectivity index (χ2v) is 9.71. The van der Waals surface area contributed by atoms with Crippen LogP contribution in [0, 0.1) is 0 Å². The van der Waals surface area contributed by atoms with Crippen LogP contribution in [-0.2, 0) is 16.6 Å². The molecule has 5 rings (SSSR count). The van der Waals surface area contributed by atoms with Crippen LogP contribution in [0.1, 0.15) is 15.9 Å². The van der Waals surface area contributed by atoms with E-state index < -0.39 is 15.9 Å². The molecule has 0 radical (unpaired) electrons. The van der Waals surface area contributed by atoms with Gasteiger partial charge in [-0.3, -0.25) is 9.10 Å². The molecule has 0 atom stereocenters. The lowest BCUT2D eigenvalue weighted by molar-refractivity contribution is 0.102. The number of amides is 1. The van der Waals surface area contributed by atoms with E-state index in [-0.39, 0.29) is 29.5 Å². The monoisotopic (exact) mass is 486 g/mol. The van der Waals surface area contributed by atoms with E-state index >= 15 is 0 Å². The van der Waals surface area contributed by atoms with Crippen LogP contribution in [0.5, 0.6) is 11.5 Å². The first-order valence-corrected chi connectivity index (χ1v) is 12.4. The van der Waals surface area contributed by atoms with Crippen molar-refractivity contribution < 1.29 is 22.7 Å². The molecule has 1 aliphatic rings. The normalized spacial score (nSPS) is 12.2. The van der Waals surface area contributed by atoms with Crippen LogP contribution in [0.3, 0.4) is 0 Å². The van der Waals surface area contributed by atoms with Crippen LogP contribution in [0.2, 0.25) is 0 Å². The molecule has 1 heterocycles. The molecule has 7 nitrogen and oxygen atoms in total. The highest BCUT2D eigenvalue weighted by molar-refractivity contribution is 7.92. The topological polar surface area (TPSA) is 84.9 Å². The van der Waals surface area contributed by atoms with Crippen molar-refractivity contribution in [2.24, 2.45) is 0 Å². The van der Waals surface area contributed by atoms with Gasteiger partial charge in [-0.05, 0) is 42.0 Å². The SMILES string of the molecule is O=C(Nc1ccc2c(c1)OCO2)c1ccccc1N(Cc1ccccc1)S(=O)(=O)c1ccccc1. The van der Waals surface area contributed by atoms with Gasteiger partial charge in [-0.25, -0.2) is 8.42 Å². The van der Waals surface area contributed by atoms with Crippen molar-refractivity contribution in [2.45, 2.75) is 11.4 Å². The lowest BCUT2D eigenvalue weighted by Gasteiger charge is -2.26. The Hall–Kier alpha value is -4.30. The Bertz CT molecular complexity index is 1460. The molecule has 0 saturated heterocycles. The number of ether oxygens (including phenoxy) is 2. The van der Waals surface area contributed by atoms with E-state index in [4.69, 9.17) is 9.47 Å². The smallest absolute Gasteiger partial charge is 0.264 e. The predicted octanol–water partition coefficient (Wildman–Crippen LogP) is 5.06. The number of benzene rings is 4. The fourth-order valence-corrected chi connectivity index (χ4v) is 5.32. The molecule has 0 bridgehead atoms. The summed E-state index contributed by atoms with van der Waals surface area (Å²) in [4.78, 5) is 13.5. The third-order valence-corrected chi connectivity index (χ3v) is 7.32. The molecule has 4 aromatic rings. The van der Waals surface area contributed by atoms with Gasteiger partial charge in [0.15, 0.2) is 11.5 Å². The maximum absolute atomic E-state index is 13.8. The minimum absolute atomic E-state index is 0.0619. The lowest BCUT2D eigenvalue weighted by atomic mass is 10.1. The third-order valence-electron chi connectivity index (χ3n) is 5.55. The summed E-state index contributed by atoms with van der Waals surface area (Å²) in [6.45, 7) is 0.188. The van der Waals surface area contributed by atoms with Gasteiger partial charge in [0, 0.05) is 11.8 Å². The first-order chi connectivity index (χ1) is 17.0. The number of nitrogens with one attached hydrogen (secondary N) is 1. The van der Waals surface area contributed by atoms with Crippen LogP contribution < -0.4 is 19.1 Å². The number of sulfonamides is 1. The van der Waals surface area contributed by atoms with Crippen LogP contribution in [0.4, 0.5) is 11.4 Å². The average molecular weight is 487 g/mol. The van der Waals surface area contributed by atoms with E-state index in [0.29, 0.717) is 17.2 Å².